The highest BCUT2D eigenvalue weighted by molar-refractivity contribution is 5.80. The molecule has 1 rings (SSSR count). The molecule has 1 heterocycles. The molecular formula is C9H11N5O. The molecule has 78 valence electrons. The van der Waals surface area contributed by atoms with E-state index in [1.165, 1.54) is 6.08 Å². The van der Waals surface area contributed by atoms with E-state index in [4.69, 9.17) is 10.8 Å². The van der Waals surface area contributed by atoms with Crippen molar-refractivity contribution < 1.29 is 4.79 Å². The van der Waals surface area contributed by atoms with Crippen LogP contribution in [0, 0.1) is 17.2 Å². The predicted molar refractivity (Wildman–Crippen MR) is 53.2 cm³/mol. The van der Waals surface area contributed by atoms with Gasteiger partial charge in [0.1, 0.15) is 0 Å². The quantitative estimate of drug-likeness (QED) is 0.302. The second-order valence-electron chi connectivity index (χ2n) is 3.40. The lowest BCUT2D eigenvalue weighted by Gasteiger charge is -2.15. The Morgan fingerprint density at radius 2 is 2.67 bits per heavy atom. The minimum absolute atomic E-state index is 0.0165. The number of rotatable bonds is 3. The first-order valence-electron chi connectivity index (χ1n) is 4.56. The van der Waals surface area contributed by atoms with Gasteiger partial charge in [-0.3, -0.25) is 4.79 Å². The maximum Gasteiger partial charge on any atom is 0.227 e. The second kappa shape index (κ2) is 5.03. The van der Waals surface area contributed by atoms with Crippen LogP contribution in [-0.4, -0.2) is 23.9 Å². The average Bonchev–Trinajstić information content (AvgIpc) is 2.57. The first-order chi connectivity index (χ1) is 7.19. The first kappa shape index (κ1) is 11.1. The summed E-state index contributed by atoms with van der Waals surface area (Å²) in [7, 11) is 0. The highest BCUT2D eigenvalue weighted by atomic mass is 16.2. The Kier molecular flexibility index (Phi) is 3.72. The van der Waals surface area contributed by atoms with E-state index in [1.807, 2.05) is 6.07 Å². The number of allylic oxidation sites excluding steroid dienone is 2. The Labute approximate surface area is 87.4 Å². The minimum Gasteiger partial charge on any atom is -0.315 e. The van der Waals surface area contributed by atoms with Crippen LogP contribution < -0.4 is 0 Å². The zero-order valence-corrected chi connectivity index (χ0v) is 8.42. The fraction of sp³-hybridized carbons (Fsp3) is 0.556. The van der Waals surface area contributed by atoms with Gasteiger partial charge in [-0.15, -0.1) is 0 Å². The van der Waals surface area contributed by atoms with Crippen molar-refractivity contribution in [3.8, 4) is 6.07 Å². The molecule has 0 aromatic carbocycles. The van der Waals surface area contributed by atoms with Crippen LogP contribution in [0.5, 0.6) is 0 Å². The van der Waals surface area contributed by atoms with Gasteiger partial charge in [0.15, 0.2) is 0 Å². The monoisotopic (exact) mass is 205 g/mol. The fourth-order valence-corrected chi connectivity index (χ4v) is 1.57. The predicted octanol–water partition coefficient (Wildman–Crippen LogP) is 1.57. The van der Waals surface area contributed by atoms with Crippen molar-refractivity contribution in [2.75, 3.05) is 13.1 Å². The van der Waals surface area contributed by atoms with Crippen LogP contribution in [0.1, 0.15) is 13.3 Å². The molecule has 0 saturated carbocycles. The van der Waals surface area contributed by atoms with Gasteiger partial charge in [0.05, 0.1) is 6.07 Å². The largest absolute Gasteiger partial charge is 0.315 e. The standard InChI is InChI=1S/C9H11N5O/c1-7(2-3-10)14-6-8(4-9(14)15)5-12-13-11/h2,8H,4-6H2,1H3. The van der Waals surface area contributed by atoms with Crippen molar-refractivity contribution >= 4 is 5.91 Å². The zero-order valence-electron chi connectivity index (χ0n) is 8.42. The lowest BCUT2D eigenvalue weighted by atomic mass is 10.1. The van der Waals surface area contributed by atoms with Gasteiger partial charge in [0.2, 0.25) is 5.91 Å². The molecule has 0 N–H and O–H groups in total. The van der Waals surface area contributed by atoms with Crippen LogP contribution in [0.4, 0.5) is 0 Å². The number of hydrogen-bond donors (Lipinski definition) is 0. The summed E-state index contributed by atoms with van der Waals surface area (Å²) < 4.78 is 0. The summed E-state index contributed by atoms with van der Waals surface area (Å²) in [4.78, 5) is 15.7. The summed E-state index contributed by atoms with van der Waals surface area (Å²) >= 11 is 0. The lowest BCUT2D eigenvalue weighted by Crippen LogP contribution is -2.23. The summed E-state index contributed by atoms with van der Waals surface area (Å²) in [6.07, 6.45) is 1.73. The van der Waals surface area contributed by atoms with Gasteiger partial charge < -0.3 is 4.90 Å². The number of amides is 1. The third-order valence-electron chi connectivity index (χ3n) is 2.31. The number of nitrogens with zero attached hydrogens (tertiary/aromatic N) is 5. The highest BCUT2D eigenvalue weighted by Gasteiger charge is 2.29. The first-order valence-corrected chi connectivity index (χ1v) is 4.56. The Balaban J connectivity index is 2.65. The van der Waals surface area contributed by atoms with E-state index in [1.54, 1.807) is 11.8 Å². The number of azide groups is 1. The van der Waals surface area contributed by atoms with E-state index in [-0.39, 0.29) is 11.8 Å². The van der Waals surface area contributed by atoms with E-state index in [0.717, 1.165) is 0 Å². The van der Waals surface area contributed by atoms with E-state index in [0.29, 0.717) is 25.2 Å². The van der Waals surface area contributed by atoms with Gasteiger partial charge in [-0.2, -0.15) is 5.26 Å². The minimum atomic E-state index is -0.0165. The number of likely N-dealkylation sites (tertiary alicyclic amines) is 1. The lowest BCUT2D eigenvalue weighted by molar-refractivity contribution is -0.126. The van der Waals surface area contributed by atoms with Gasteiger partial charge in [-0.05, 0) is 18.4 Å². The summed E-state index contributed by atoms with van der Waals surface area (Å²) in [6.45, 7) is 2.58. The van der Waals surface area contributed by atoms with Crippen molar-refractivity contribution in [2.45, 2.75) is 13.3 Å². The smallest absolute Gasteiger partial charge is 0.227 e. The summed E-state index contributed by atoms with van der Waals surface area (Å²) in [5, 5.41) is 11.9. The number of nitriles is 1. The van der Waals surface area contributed by atoms with E-state index in [2.05, 4.69) is 10.0 Å². The van der Waals surface area contributed by atoms with Crippen LogP contribution >= 0.6 is 0 Å². The molecule has 0 radical (unpaired) electrons. The van der Waals surface area contributed by atoms with Crippen LogP contribution in [0.15, 0.2) is 16.9 Å². The Morgan fingerprint density at radius 3 is 3.27 bits per heavy atom. The van der Waals surface area contributed by atoms with Gasteiger partial charge in [0, 0.05) is 36.2 Å². The van der Waals surface area contributed by atoms with Gasteiger partial charge in [-0.1, -0.05) is 5.11 Å². The molecule has 1 unspecified atom stereocenters. The van der Waals surface area contributed by atoms with Crippen molar-refractivity contribution in [3.05, 3.63) is 22.2 Å². The van der Waals surface area contributed by atoms with E-state index < -0.39 is 0 Å². The molecule has 6 heteroatoms. The Bertz CT molecular complexity index is 374. The molecule has 0 aromatic rings. The Morgan fingerprint density at radius 1 is 1.93 bits per heavy atom. The molecule has 1 atom stereocenters. The van der Waals surface area contributed by atoms with Gasteiger partial charge >= 0.3 is 0 Å². The summed E-state index contributed by atoms with van der Waals surface area (Å²) in [6, 6.07) is 1.89. The number of hydrogen-bond acceptors (Lipinski definition) is 3. The maximum atomic E-state index is 11.5. The average molecular weight is 205 g/mol. The molecular weight excluding hydrogens is 194 g/mol. The molecule has 0 aliphatic carbocycles. The zero-order chi connectivity index (χ0) is 11.3. The molecule has 0 bridgehead atoms. The van der Waals surface area contributed by atoms with Crippen LogP contribution in [0.25, 0.3) is 10.4 Å². The summed E-state index contributed by atoms with van der Waals surface area (Å²) in [5.74, 6) is 0.0487. The molecule has 6 nitrogen and oxygen atoms in total. The SMILES string of the molecule is CC(=CC#N)N1CC(CN=[N+]=[N-])CC1=O. The molecule has 1 aliphatic rings. The van der Waals surface area contributed by atoms with E-state index in [9.17, 15) is 4.79 Å². The van der Waals surface area contributed by atoms with Crippen molar-refractivity contribution in [1.82, 2.24) is 4.90 Å². The van der Waals surface area contributed by atoms with Gasteiger partial charge in [-0.25, -0.2) is 0 Å². The molecule has 0 spiro atoms. The highest BCUT2D eigenvalue weighted by Crippen LogP contribution is 2.21. The molecule has 0 aromatic heterocycles. The van der Waals surface area contributed by atoms with Crippen molar-refractivity contribution in [2.24, 2.45) is 11.0 Å². The topological polar surface area (TPSA) is 92.9 Å². The molecule has 1 fully saturated rings. The van der Waals surface area contributed by atoms with Crippen LogP contribution in [0.2, 0.25) is 0 Å². The van der Waals surface area contributed by atoms with Crippen molar-refractivity contribution in [1.29, 1.82) is 5.26 Å². The summed E-state index contributed by atoms with van der Waals surface area (Å²) in [5.41, 5.74) is 8.80. The maximum absolute atomic E-state index is 11.5. The van der Waals surface area contributed by atoms with E-state index >= 15 is 0 Å². The third-order valence-corrected chi connectivity index (χ3v) is 2.31. The van der Waals surface area contributed by atoms with Crippen LogP contribution in [0.3, 0.4) is 0 Å². The van der Waals surface area contributed by atoms with Crippen molar-refractivity contribution in [3.63, 3.8) is 0 Å². The number of carbonyl (C=O) groups excluding carboxylic acids is 1. The fourth-order valence-electron chi connectivity index (χ4n) is 1.57. The molecule has 1 saturated heterocycles. The molecule has 15 heavy (non-hydrogen) atoms. The molecule has 1 amide bonds. The molecule has 1 aliphatic heterocycles. The third kappa shape index (κ3) is 2.73. The van der Waals surface area contributed by atoms with Crippen LogP contribution in [-0.2, 0) is 4.79 Å². The normalized spacial score (nSPS) is 21.1. The van der Waals surface area contributed by atoms with Gasteiger partial charge in [0.25, 0.3) is 0 Å². The Hall–Kier alpha value is -1.99. The second-order valence-corrected chi connectivity index (χ2v) is 3.40. The number of carbonyl (C=O) groups is 1.